The van der Waals surface area contributed by atoms with Crippen molar-refractivity contribution >= 4 is 17.6 Å². The zero-order valence-electron chi connectivity index (χ0n) is 10.1. The van der Waals surface area contributed by atoms with Gasteiger partial charge in [0.15, 0.2) is 0 Å². The Kier molecular flexibility index (Phi) is 4.25. The molecule has 0 saturated heterocycles. The summed E-state index contributed by atoms with van der Waals surface area (Å²) in [5, 5.41) is 20.0. The molecule has 0 amide bonds. The van der Waals surface area contributed by atoms with Gasteiger partial charge in [0.2, 0.25) is 0 Å². The van der Waals surface area contributed by atoms with Gasteiger partial charge >= 0.3 is 5.97 Å². The van der Waals surface area contributed by atoms with E-state index in [9.17, 15) is 15.0 Å². The van der Waals surface area contributed by atoms with E-state index in [0.29, 0.717) is 17.0 Å². The molecule has 1 fully saturated rings. The molecule has 2 rings (SSSR count). The predicted molar refractivity (Wildman–Crippen MR) is 69.8 cm³/mol. The van der Waals surface area contributed by atoms with Gasteiger partial charge in [0.05, 0.1) is 12.0 Å². The van der Waals surface area contributed by atoms with E-state index in [1.807, 2.05) is 0 Å². The number of benzene rings is 1. The molecular formula is C14H17ClO3. The molecule has 0 spiro atoms. The summed E-state index contributed by atoms with van der Waals surface area (Å²) in [5.74, 6) is -1.77. The molecule has 0 radical (unpaired) electrons. The number of rotatable bonds is 3. The highest BCUT2D eigenvalue weighted by Crippen LogP contribution is 2.37. The molecule has 2 N–H and O–H groups in total. The molecule has 3 atom stereocenters. The molecule has 98 valence electrons. The van der Waals surface area contributed by atoms with Gasteiger partial charge in [0.25, 0.3) is 0 Å². The summed E-state index contributed by atoms with van der Waals surface area (Å²) in [5.41, 5.74) is 0.681. The van der Waals surface area contributed by atoms with Crippen LogP contribution in [0.15, 0.2) is 24.3 Å². The third-order valence-electron chi connectivity index (χ3n) is 3.68. The molecular weight excluding hydrogens is 252 g/mol. The maximum Gasteiger partial charge on any atom is 0.311 e. The summed E-state index contributed by atoms with van der Waals surface area (Å²) in [6, 6.07) is 6.93. The smallest absolute Gasteiger partial charge is 0.311 e. The average Bonchev–Trinajstić information content (AvgIpc) is 2.32. The summed E-state index contributed by atoms with van der Waals surface area (Å²) in [4.78, 5) is 11.5. The lowest BCUT2D eigenvalue weighted by molar-refractivity contribution is -0.142. The Hall–Kier alpha value is -1.06. The highest BCUT2D eigenvalue weighted by atomic mass is 35.5. The summed E-state index contributed by atoms with van der Waals surface area (Å²) >= 11 is 5.91. The number of carboxylic acid groups (broad SMARTS) is 1. The molecule has 0 bridgehead atoms. The Morgan fingerprint density at radius 3 is 2.67 bits per heavy atom. The molecule has 1 aliphatic carbocycles. The van der Waals surface area contributed by atoms with Crippen molar-refractivity contribution < 1.29 is 15.0 Å². The number of hydrogen-bond acceptors (Lipinski definition) is 2. The van der Waals surface area contributed by atoms with Crippen LogP contribution in [0.25, 0.3) is 0 Å². The van der Waals surface area contributed by atoms with Gasteiger partial charge in [-0.2, -0.15) is 0 Å². The van der Waals surface area contributed by atoms with Crippen molar-refractivity contribution in [2.75, 3.05) is 0 Å². The first-order chi connectivity index (χ1) is 8.59. The predicted octanol–water partition coefficient (Wildman–Crippen LogP) is 3.06. The van der Waals surface area contributed by atoms with Crippen molar-refractivity contribution in [3.05, 3.63) is 34.9 Å². The number of carboxylic acids is 1. The van der Waals surface area contributed by atoms with E-state index in [4.69, 9.17) is 11.6 Å². The Morgan fingerprint density at radius 2 is 2.06 bits per heavy atom. The topological polar surface area (TPSA) is 57.5 Å². The molecule has 1 aliphatic rings. The standard InChI is InChI=1S/C14H17ClO3/c15-10-5-3-4-9(8-10)13(14(17)18)11-6-1-2-7-12(11)16/h3-5,8,11-13,16H,1-2,6-7H2,(H,17,18)/t11-,12+,13-/m1/s1. The van der Waals surface area contributed by atoms with Gasteiger partial charge in [-0.15, -0.1) is 0 Å². The highest BCUT2D eigenvalue weighted by molar-refractivity contribution is 6.30. The second kappa shape index (κ2) is 5.72. The fourth-order valence-electron chi connectivity index (χ4n) is 2.80. The minimum atomic E-state index is -0.886. The van der Waals surface area contributed by atoms with Gasteiger partial charge in [0, 0.05) is 10.9 Å². The number of hydrogen-bond donors (Lipinski definition) is 2. The van der Waals surface area contributed by atoms with Crippen LogP contribution in [0.1, 0.15) is 37.2 Å². The van der Waals surface area contributed by atoms with Crippen LogP contribution in [0.4, 0.5) is 0 Å². The van der Waals surface area contributed by atoms with E-state index in [-0.39, 0.29) is 5.92 Å². The second-order valence-corrected chi connectivity index (χ2v) is 5.32. The fourth-order valence-corrected chi connectivity index (χ4v) is 3.00. The Balaban J connectivity index is 2.30. The first kappa shape index (κ1) is 13.4. The minimum absolute atomic E-state index is 0.213. The van der Waals surface area contributed by atoms with Gasteiger partial charge in [0.1, 0.15) is 0 Å². The van der Waals surface area contributed by atoms with Crippen LogP contribution < -0.4 is 0 Å². The van der Waals surface area contributed by atoms with E-state index in [1.165, 1.54) is 0 Å². The van der Waals surface area contributed by atoms with Crippen LogP contribution in [-0.2, 0) is 4.79 Å². The molecule has 0 aromatic heterocycles. The monoisotopic (exact) mass is 268 g/mol. The minimum Gasteiger partial charge on any atom is -0.481 e. The first-order valence-corrected chi connectivity index (χ1v) is 6.63. The SMILES string of the molecule is O=C(O)[C@H](c1cccc(Cl)c1)[C@@H]1CCCC[C@@H]1O. The summed E-state index contributed by atoms with van der Waals surface area (Å²) in [6.07, 6.45) is 2.87. The molecule has 1 saturated carbocycles. The molecule has 1 aromatic rings. The number of aliphatic carboxylic acids is 1. The summed E-state index contributed by atoms with van der Waals surface area (Å²) in [6.45, 7) is 0. The van der Waals surface area contributed by atoms with Crippen LogP contribution in [0, 0.1) is 5.92 Å². The van der Waals surface area contributed by atoms with E-state index in [1.54, 1.807) is 24.3 Å². The van der Waals surface area contributed by atoms with Crippen LogP contribution in [0.5, 0.6) is 0 Å². The van der Waals surface area contributed by atoms with Crippen molar-refractivity contribution in [3.63, 3.8) is 0 Å². The van der Waals surface area contributed by atoms with Crippen LogP contribution >= 0.6 is 11.6 Å². The van der Waals surface area contributed by atoms with Gasteiger partial charge in [-0.05, 0) is 30.5 Å². The average molecular weight is 269 g/mol. The van der Waals surface area contributed by atoms with E-state index >= 15 is 0 Å². The quantitative estimate of drug-likeness (QED) is 0.886. The van der Waals surface area contributed by atoms with Crippen molar-refractivity contribution in [2.45, 2.75) is 37.7 Å². The molecule has 4 heteroatoms. The van der Waals surface area contributed by atoms with Gasteiger partial charge in [-0.25, -0.2) is 0 Å². The fraction of sp³-hybridized carbons (Fsp3) is 0.500. The number of carbonyl (C=O) groups is 1. The van der Waals surface area contributed by atoms with Crippen molar-refractivity contribution in [1.82, 2.24) is 0 Å². The lowest BCUT2D eigenvalue weighted by Gasteiger charge is -2.32. The lowest BCUT2D eigenvalue weighted by atomic mass is 9.75. The maximum absolute atomic E-state index is 11.5. The molecule has 1 aromatic carbocycles. The third-order valence-corrected chi connectivity index (χ3v) is 3.92. The summed E-state index contributed by atoms with van der Waals surface area (Å²) in [7, 11) is 0. The Bertz CT molecular complexity index is 433. The van der Waals surface area contributed by atoms with Gasteiger partial charge in [-0.3, -0.25) is 4.79 Å². The largest absolute Gasteiger partial charge is 0.481 e. The molecule has 0 heterocycles. The first-order valence-electron chi connectivity index (χ1n) is 6.26. The van der Waals surface area contributed by atoms with Crippen molar-refractivity contribution in [3.8, 4) is 0 Å². The number of aliphatic hydroxyl groups excluding tert-OH is 1. The van der Waals surface area contributed by atoms with Crippen molar-refractivity contribution in [2.24, 2.45) is 5.92 Å². The van der Waals surface area contributed by atoms with Crippen LogP contribution in [0.2, 0.25) is 5.02 Å². The van der Waals surface area contributed by atoms with Crippen LogP contribution in [0.3, 0.4) is 0 Å². The third kappa shape index (κ3) is 2.85. The van der Waals surface area contributed by atoms with E-state index in [2.05, 4.69) is 0 Å². The normalized spacial score (nSPS) is 25.7. The highest BCUT2D eigenvalue weighted by Gasteiger charge is 2.36. The molecule has 3 nitrogen and oxygen atoms in total. The Morgan fingerprint density at radius 1 is 1.33 bits per heavy atom. The number of aliphatic hydroxyl groups is 1. The van der Waals surface area contributed by atoms with E-state index in [0.717, 1.165) is 19.3 Å². The Labute approximate surface area is 111 Å². The molecule has 0 aliphatic heterocycles. The van der Waals surface area contributed by atoms with Gasteiger partial charge < -0.3 is 10.2 Å². The zero-order chi connectivity index (χ0) is 13.1. The molecule has 0 unspecified atom stereocenters. The molecule has 18 heavy (non-hydrogen) atoms. The number of halogens is 1. The maximum atomic E-state index is 11.5. The lowest BCUT2D eigenvalue weighted by Crippen LogP contribution is -2.33. The van der Waals surface area contributed by atoms with Crippen molar-refractivity contribution in [1.29, 1.82) is 0 Å². The van der Waals surface area contributed by atoms with E-state index < -0.39 is 18.0 Å². The summed E-state index contributed by atoms with van der Waals surface area (Å²) < 4.78 is 0. The van der Waals surface area contributed by atoms with Crippen LogP contribution in [-0.4, -0.2) is 22.3 Å². The van der Waals surface area contributed by atoms with Gasteiger partial charge in [-0.1, -0.05) is 36.6 Å². The second-order valence-electron chi connectivity index (χ2n) is 4.89. The zero-order valence-corrected chi connectivity index (χ0v) is 10.8.